The standard InChI is InChI=1S/C14H20N2O/c1-12-3-5-13(6-4-12)11-16-10-2-8-15-9-7-14(16)17/h3-6,15H,2,7-11H2,1H3. The number of rotatable bonds is 2. The van der Waals surface area contributed by atoms with Gasteiger partial charge in [-0.05, 0) is 25.5 Å². The quantitative estimate of drug-likeness (QED) is 0.842. The van der Waals surface area contributed by atoms with Crippen molar-refractivity contribution < 1.29 is 4.79 Å². The lowest BCUT2D eigenvalue weighted by Crippen LogP contribution is -2.37. The maximum Gasteiger partial charge on any atom is 0.224 e. The molecule has 17 heavy (non-hydrogen) atoms. The molecule has 92 valence electrons. The van der Waals surface area contributed by atoms with Gasteiger partial charge in [-0.3, -0.25) is 4.79 Å². The summed E-state index contributed by atoms with van der Waals surface area (Å²) in [5.41, 5.74) is 2.48. The Kier molecular flexibility index (Phi) is 4.15. The van der Waals surface area contributed by atoms with Crippen molar-refractivity contribution in [2.24, 2.45) is 0 Å². The lowest BCUT2D eigenvalue weighted by Gasteiger charge is -2.25. The monoisotopic (exact) mass is 232 g/mol. The van der Waals surface area contributed by atoms with Gasteiger partial charge in [0, 0.05) is 26.1 Å². The smallest absolute Gasteiger partial charge is 0.224 e. The Morgan fingerprint density at radius 1 is 1.24 bits per heavy atom. The summed E-state index contributed by atoms with van der Waals surface area (Å²) in [4.78, 5) is 13.9. The molecule has 1 amide bonds. The molecule has 1 aromatic rings. The zero-order valence-electron chi connectivity index (χ0n) is 10.4. The third-order valence-electron chi connectivity index (χ3n) is 3.14. The first-order chi connectivity index (χ1) is 8.25. The van der Waals surface area contributed by atoms with Crippen LogP contribution in [0.4, 0.5) is 0 Å². The molecule has 0 radical (unpaired) electrons. The third-order valence-corrected chi connectivity index (χ3v) is 3.14. The van der Waals surface area contributed by atoms with Crippen molar-refractivity contribution in [3.63, 3.8) is 0 Å². The molecular weight excluding hydrogens is 212 g/mol. The van der Waals surface area contributed by atoms with E-state index >= 15 is 0 Å². The molecule has 0 aromatic heterocycles. The number of nitrogens with zero attached hydrogens (tertiary/aromatic N) is 1. The average molecular weight is 232 g/mol. The maximum absolute atomic E-state index is 11.9. The fraction of sp³-hybridized carbons (Fsp3) is 0.500. The van der Waals surface area contributed by atoms with Gasteiger partial charge in [-0.2, -0.15) is 0 Å². The molecule has 1 N–H and O–H groups in total. The molecule has 3 heteroatoms. The Bertz CT molecular complexity index is 372. The van der Waals surface area contributed by atoms with E-state index in [9.17, 15) is 4.79 Å². The normalized spacial score (nSPS) is 17.7. The highest BCUT2D eigenvalue weighted by molar-refractivity contribution is 5.76. The zero-order valence-corrected chi connectivity index (χ0v) is 10.4. The number of amides is 1. The van der Waals surface area contributed by atoms with Crippen LogP contribution in [0.25, 0.3) is 0 Å². The molecule has 1 fully saturated rings. The van der Waals surface area contributed by atoms with Crippen LogP contribution in [0.1, 0.15) is 24.0 Å². The number of hydrogen-bond donors (Lipinski definition) is 1. The first kappa shape index (κ1) is 12.1. The Hall–Kier alpha value is -1.35. The number of carbonyl (C=O) groups is 1. The van der Waals surface area contributed by atoms with Crippen LogP contribution in [0.2, 0.25) is 0 Å². The van der Waals surface area contributed by atoms with Crippen LogP contribution in [-0.4, -0.2) is 30.4 Å². The van der Waals surface area contributed by atoms with E-state index in [-0.39, 0.29) is 5.91 Å². The first-order valence-corrected chi connectivity index (χ1v) is 6.30. The second kappa shape index (κ2) is 5.82. The molecule has 0 aliphatic carbocycles. The SMILES string of the molecule is Cc1ccc(CN2CCCNCCC2=O)cc1. The zero-order chi connectivity index (χ0) is 12.1. The van der Waals surface area contributed by atoms with Gasteiger partial charge < -0.3 is 10.2 Å². The van der Waals surface area contributed by atoms with Crippen molar-refractivity contribution in [2.45, 2.75) is 26.3 Å². The minimum absolute atomic E-state index is 0.262. The van der Waals surface area contributed by atoms with Crippen molar-refractivity contribution in [1.82, 2.24) is 10.2 Å². The van der Waals surface area contributed by atoms with Crippen LogP contribution in [0.5, 0.6) is 0 Å². The molecule has 0 saturated carbocycles. The molecular formula is C14H20N2O. The lowest BCUT2D eigenvalue weighted by molar-refractivity contribution is -0.132. The summed E-state index contributed by atoms with van der Waals surface area (Å²) in [5, 5.41) is 3.26. The van der Waals surface area contributed by atoms with E-state index in [0.717, 1.165) is 32.6 Å². The molecule has 1 aliphatic rings. The summed E-state index contributed by atoms with van der Waals surface area (Å²) in [5.74, 6) is 0.262. The van der Waals surface area contributed by atoms with Crippen LogP contribution < -0.4 is 5.32 Å². The number of aryl methyl sites for hydroxylation is 1. The second-order valence-electron chi connectivity index (χ2n) is 4.65. The number of hydrogen-bond acceptors (Lipinski definition) is 2. The van der Waals surface area contributed by atoms with E-state index in [1.54, 1.807) is 0 Å². The summed E-state index contributed by atoms with van der Waals surface area (Å²) in [7, 11) is 0. The van der Waals surface area contributed by atoms with E-state index in [4.69, 9.17) is 0 Å². The van der Waals surface area contributed by atoms with E-state index in [0.29, 0.717) is 6.42 Å². The molecule has 1 aromatic carbocycles. The fourth-order valence-corrected chi connectivity index (χ4v) is 2.08. The van der Waals surface area contributed by atoms with Crippen LogP contribution >= 0.6 is 0 Å². The van der Waals surface area contributed by atoms with Crippen LogP contribution in [0.3, 0.4) is 0 Å². The van der Waals surface area contributed by atoms with Crippen molar-refractivity contribution >= 4 is 5.91 Å². The summed E-state index contributed by atoms with van der Waals surface area (Å²) in [6, 6.07) is 8.43. The van der Waals surface area contributed by atoms with Gasteiger partial charge in [0.1, 0.15) is 0 Å². The van der Waals surface area contributed by atoms with Gasteiger partial charge in [0.05, 0.1) is 0 Å². The van der Waals surface area contributed by atoms with E-state index in [1.807, 2.05) is 4.90 Å². The Balaban J connectivity index is 1.99. The van der Waals surface area contributed by atoms with Crippen molar-refractivity contribution in [3.8, 4) is 0 Å². The number of carbonyl (C=O) groups excluding carboxylic acids is 1. The molecule has 0 bridgehead atoms. The van der Waals surface area contributed by atoms with Gasteiger partial charge in [0.2, 0.25) is 5.91 Å². The van der Waals surface area contributed by atoms with E-state index in [2.05, 4.69) is 36.5 Å². The number of nitrogens with one attached hydrogen (secondary N) is 1. The lowest BCUT2D eigenvalue weighted by atomic mass is 10.1. The Morgan fingerprint density at radius 2 is 2.00 bits per heavy atom. The topological polar surface area (TPSA) is 32.3 Å². The van der Waals surface area contributed by atoms with Crippen LogP contribution in [0, 0.1) is 6.92 Å². The highest BCUT2D eigenvalue weighted by Gasteiger charge is 2.15. The van der Waals surface area contributed by atoms with Gasteiger partial charge in [-0.1, -0.05) is 29.8 Å². The second-order valence-corrected chi connectivity index (χ2v) is 4.65. The summed E-state index contributed by atoms with van der Waals surface area (Å²) < 4.78 is 0. The Morgan fingerprint density at radius 3 is 2.76 bits per heavy atom. The van der Waals surface area contributed by atoms with Gasteiger partial charge in [-0.15, -0.1) is 0 Å². The van der Waals surface area contributed by atoms with Gasteiger partial charge in [-0.25, -0.2) is 0 Å². The molecule has 1 saturated heterocycles. The average Bonchev–Trinajstić information content (AvgIpc) is 2.31. The predicted octanol–water partition coefficient (Wildman–Crippen LogP) is 1.71. The molecule has 2 rings (SSSR count). The third kappa shape index (κ3) is 3.56. The van der Waals surface area contributed by atoms with Gasteiger partial charge in [0.25, 0.3) is 0 Å². The highest BCUT2D eigenvalue weighted by atomic mass is 16.2. The molecule has 0 unspecified atom stereocenters. The Labute approximate surface area is 103 Å². The van der Waals surface area contributed by atoms with Crippen LogP contribution in [0.15, 0.2) is 24.3 Å². The molecule has 0 spiro atoms. The number of benzene rings is 1. The summed E-state index contributed by atoms with van der Waals surface area (Å²) in [6.45, 7) is 5.51. The maximum atomic E-state index is 11.9. The minimum atomic E-state index is 0.262. The molecule has 1 heterocycles. The van der Waals surface area contributed by atoms with Crippen molar-refractivity contribution in [3.05, 3.63) is 35.4 Å². The van der Waals surface area contributed by atoms with Crippen LogP contribution in [-0.2, 0) is 11.3 Å². The predicted molar refractivity (Wildman–Crippen MR) is 68.7 cm³/mol. The minimum Gasteiger partial charge on any atom is -0.338 e. The van der Waals surface area contributed by atoms with Gasteiger partial charge in [0.15, 0.2) is 0 Å². The molecule has 1 aliphatic heterocycles. The van der Waals surface area contributed by atoms with Crippen molar-refractivity contribution in [2.75, 3.05) is 19.6 Å². The summed E-state index contributed by atoms with van der Waals surface area (Å²) >= 11 is 0. The fourth-order valence-electron chi connectivity index (χ4n) is 2.08. The van der Waals surface area contributed by atoms with E-state index in [1.165, 1.54) is 11.1 Å². The highest BCUT2D eigenvalue weighted by Crippen LogP contribution is 2.09. The first-order valence-electron chi connectivity index (χ1n) is 6.30. The molecule has 0 atom stereocenters. The van der Waals surface area contributed by atoms with E-state index < -0.39 is 0 Å². The van der Waals surface area contributed by atoms with Gasteiger partial charge >= 0.3 is 0 Å². The largest absolute Gasteiger partial charge is 0.338 e. The summed E-state index contributed by atoms with van der Waals surface area (Å²) in [6.07, 6.45) is 1.66. The van der Waals surface area contributed by atoms with Crippen molar-refractivity contribution in [1.29, 1.82) is 0 Å². The molecule has 3 nitrogen and oxygen atoms in total.